The van der Waals surface area contributed by atoms with E-state index in [1.165, 1.54) is 12.1 Å². The molecule has 21 heavy (non-hydrogen) atoms. The second-order valence-corrected chi connectivity index (χ2v) is 4.33. The van der Waals surface area contributed by atoms with Crippen LogP contribution in [0.3, 0.4) is 0 Å². The Bertz CT molecular complexity index is 591. The van der Waals surface area contributed by atoms with Gasteiger partial charge in [0.25, 0.3) is 0 Å². The average Bonchev–Trinajstić information content (AvgIpc) is 3.12. The molecule has 0 saturated carbocycles. The van der Waals surface area contributed by atoms with Crippen LogP contribution >= 0.6 is 0 Å². The second-order valence-electron chi connectivity index (χ2n) is 4.33. The van der Waals surface area contributed by atoms with Crippen molar-refractivity contribution in [3.63, 3.8) is 0 Å². The molecule has 0 saturated heterocycles. The van der Waals surface area contributed by atoms with E-state index in [0.29, 0.717) is 12.3 Å². The first-order chi connectivity index (χ1) is 10.1. The van der Waals surface area contributed by atoms with Gasteiger partial charge >= 0.3 is 12.0 Å². The summed E-state index contributed by atoms with van der Waals surface area (Å²) in [6.07, 6.45) is 6.07. The van der Waals surface area contributed by atoms with E-state index in [1.807, 2.05) is 10.8 Å². The number of nitrogens with one attached hydrogen (secondary N) is 2. The van der Waals surface area contributed by atoms with Gasteiger partial charge in [-0.15, -0.1) is 0 Å². The fourth-order valence-electron chi connectivity index (χ4n) is 1.70. The summed E-state index contributed by atoms with van der Waals surface area (Å²) in [5, 5.41) is 14.0. The third-order valence-electron chi connectivity index (χ3n) is 2.73. The number of furan rings is 1. The number of aromatic nitrogens is 2. The first-order valence-corrected chi connectivity index (χ1v) is 6.44. The number of carboxylic acid groups (broad SMARTS) is 1. The normalized spacial score (nSPS) is 10.3. The monoisotopic (exact) mass is 292 g/mol. The van der Waals surface area contributed by atoms with E-state index in [4.69, 9.17) is 9.52 Å². The van der Waals surface area contributed by atoms with Crippen LogP contribution in [0.15, 0.2) is 35.3 Å². The third kappa shape index (κ3) is 4.68. The van der Waals surface area contributed by atoms with Crippen molar-refractivity contribution in [2.75, 3.05) is 6.54 Å². The number of carbonyl (C=O) groups excluding carboxylic acids is 1. The molecule has 0 radical (unpaired) electrons. The number of amides is 2. The Morgan fingerprint density at radius 2 is 2.19 bits per heavy atom. The Hall–Kier alpha value is -2.77. The van der Waals surface area contributed by atoms with E-state index in [2.05, 4.69) is 15.6 Å². The van der Waals surface area contributed by atoms with E-state index >= 15 is 0 Å². The summed E-state index contributed by atoms with van der Waals surface area (Å²) in [5.74, 6) is -0.890. The van der Waals surface area contributed by atoms with E-state index in [1.54, 1.807) is 12.5 Å². The summed E-state index contributed by atoms with van der Waals surface area (Å²) in [6.45, 7) is 1.45. The minimum Gasteiger partial charge on any atom is -0.475 e. The van der Waals surface area contributed by atoms with Crippen LogP contribution in [0.4, 0.5) is 4.79 Å². The Morgan fingerprint density at radius 1 is 1.33 bits per heavy atom. The van der Waals surface area contributed by atoms with Gasteiger partial charge in [0.15, 0.2) is 0 Å². The molecule has 0 atom stereocenters. The van der Waals surface area contributed by atoms with E-state index in [9.17, 15) is 9.59 Å². The van der Waals surface area contributed by atoms with Crippen LogP contribution in [0.5, 0.6) is 0 Å². The van der Waals surface area contributed by atoms with Crippen LogP contribution in [-0.2, 0) is 13.1 Å². The van der Waals surface area contributed by atoms with Crippen molar-refractivity contribution in [3.05, 3.63) is 42.4 Å². The molecule has 2 aromatic heterocycles. The molecule has 2 aromatic rings. The summed E-state index contributed by atoms with van der Waals surface area (Å²) < 4.78 is 6.94. The quantitative estimate of drug-likeness (QED) is 0.661. The third-order valence-corrected chi connectivity index (χ3v) is 2.73. The molecular weight excluding hydrogens is 276 g/mol. The predicted molar refractivity (Wildman–Crippen MR) is 72.7 cm³/mol. The Labute approximate surface area is 120 Å². The number of hydrogen-bond donors (Lipinski definition) is 3. The Kier molecular flexibility index (Phi) is 4.97. The number of rotatable bonds is 7. The predicted octanol–water partition coefficient (Wildman–Crippen LogP) is 1.06. The van der Waals surface area contributed by atoms with Crippen LogP contribution in [0, 0.1) is 0 Å². The number of carbonyl (C=O) groups is 2. The summed E-state index contributed by atoms with van der Waals surface area (Å²) >= 11 is 0. The van der Waals surface area contributed by atoms with Gasteiger partial charge in [-0.2, -0.15) is 0 Å². The molecule has 0 bridgehead atoms. The molecule has 3 N–H and O–H groups in total. The van der Waals surface area contributed by atoms with Crippen molar-refractivity contribution in [2.45, 2.75) is 19.5 Å². The molecule has 2 rings (SSSR count). The molecule has 0 aromatic carbocycles. The molecule has 0 unspecified atom stereocenters. The second kappa shape index (κ2) is 7.13. The maximum absolute atomic E-state index is 11.5. The largest absolute Gasteiger partial charge is 0.475 e. The van der Waals surface area contributed by atoms with Crippen molar-refractivity contribution in [1.29, 1.82) is 0 Å². The van der Waals surface area contributed by atoms with Gasteiger partial charge in [-0.1, -0.05) is 0 Å². The highest BCUT2D eigenvalue weighted by molar-refractivity contribution is 5.84. The van der Waals surface area contributed by atoms with Crippen LogP contribution in [0.2, 0.25) is 0 Å². The van der Waals surface area contributed by atoms with Gasteiger partial charge < -0.3 is 24.7 Å². The maximum atomic E-state index is 11.5. The molecule has 0 spiro atoms. The van der Waals surface area contributed by atoms with Crippen molar-refractivity contribution < 1.29 is 19.1 Å². The highest BCUT2D eigenvalue weighted by Gasteiger charge is 2.09. The van der Waals surface area contributed by atoms with Gasteiger partial charge in [0.05, 0.1) is 12.9 Å². The molecule has 0 fully saturated rings. The lowest BCUT2D eigenvalue weighted by atomic mass is 10.4. The minimum absolute atomic E-state index is 0.140. The van der Waals surface area contributed by atoms with Crippen molar-refractivity contribution in [1.82, 2.24) is 20.2 Å². The highest BCUT2D eigenvalue weighted by Crippen LogP contribution is 2.07. The van der Waals surface area contributed by atoms with E-state index < -0.39 is 5.97 Å². The topological polar surface area (TPSA) is 109 Å². The van der Waals surface area contributed by atoms with Crippen LogP contribution in [0.25, 0.3) is 0 Å². The lowest BCUT2D eigenvalue weighted by Gasteiger charge is -2.06. The van der Waals surface area contributed by atoms with Crippen LogP contribution in [-0.4, -0.2) is 33.2 Å². The number of carboxylic acids is 1. The summed E-state index contributed by atoms with van der Waals surface area (Å²) in [6, 6.07) is 2.54. The number of aryl methyl sites for hydroxylation is 1. The minimum atomic E-state index is -1.13. The smallest absolute Gasteiger partial charge is 0.371 e. The van der Waals surface area contributed by atoms with Gasteiger partial charge in [-0.05, 0) is 18.6 Å². The molecule has 112 valence electrons. The van der Waals surface area contributed by atoms with Gasteiger partial charge in [0.2, 0.25) is 5.76 Å². The van der Waals surface area contributed by atoms with Gasteiger partial charge in [-0.25, -0.2) is 14.6 Å². The molecule has 0 aliphatic carbocycles. The molecule has 0 aliphatic rings. The van der Waals surface area contributed by atoms with Crippen molar-refractivity contribution >= 4 is 12.0 Å². The standard InChI is InChI=1S/C13H16N4O4/c18-12(19)11-3-2-10(21-11)8-16-13(20)15-4-1-6-17-7-5-14-9-17/h2-3,5,7,9H,1,4,6,8H2,(H,18,19)(H2,15,16,20). The highest BCUT2D eigenvalue weighted by atomic mass is 16.4. The first-order valence-electron chi connectivity index (χ1n) is 6.44. The summed E-state index contributed by atoms with van der Waals surface area (Å²) in [5.41, 5.74) is 0. The lowest BCUT2D eigenvalue weighted by Crippen LogP contribution is -2.35. The zero-order chi connectivity index (χ0) is 15.1. The number of hydrogen-bond acceptors (Lipinski definition) is 4. The molecule has 8 nitrogen and oxygen atoms in total. The van der Waals surface area contributed by atoms with Crippen molar-refractivity contribution in [3.8, 4) is 0 Å². The van der Waals surface area contributed by atoms with Crippen LogP contribution < -0.4 is 10.6 Å². The number of nitrogens with zero attached hydrogens (tertiary/aromatic N) is 2. The molecule has 8 heteroatoms. The molecule has 2 heterocycles. The maximum Gasteiger partial charge on any atom is 0.371 e. The number of imidazole rings is 1. The zero-order valence-electron chi connectivity index (χ0n) is 11.3. The zero-order valence-corrected chi connectivity index (χ0v) is 11.3. The fourth-order valence-corrected chi connectivity index (χ4v) is 1.70. The summed E-state index contributed by atoms with van der Waals surface area (Å²) in [4.78, 5) is 26.1. The fraction of sp³-hybridized carbons (Fsp3) is 0.308. The number of aromatic carboxylic acids is 1. The van der Waals surface area contributed by atoms with E-state index in [-0.39, 0.29) is 18.3 Å². The van der Waals surface area contributed by atoms with Crippen molar-refractivity contribution in [2.24, 2.45) is 0 Å². The summed E-state index contributed by atoms with van der Waals surface area (Å²) in [7, 11) is 0. The van der Waals surface area contributed by atoms with Gasteiger partial charge in [-0.3, -0.25) is 0 Å². The van der Waals surface area contributed by atoms with Crippen LogP contribution in [0.1, 0.15) is 22.7 Å². The molecule has 0 aliphatic heterocycles. The Morgan fingerprint density at radius 3 is 2.86 bits per heavy atom. The van der Waals surface area contributed by atoms with Gasteiger partial charge in [0.1, 0.15) is 5.76 Å². The average molecular weight is 292 g/mol. The first kappa shape index (κ1) is 14.6. The van der Waals surface area contributed by atoms with E-state index in [0.717, 1.165) is 13.0 Å². The number of urea groups is 1. The lowest BCUT2D eigenvalue weighted by molar-refractivity contribution is 0.0660. The molecular formula is C13H16N4O4. The SMILES string of the molecule is O=C(NCCCn1ccnc1)NCc1ccc(C(=O)O)o1. The Balaban J connectivity index is 1.61. The molecule has 2 amide bonds. The van der Waals surface area contributed by atoms with Gasteiger partial charge in [0, 0.05) is 25.5 Å².